The van der Waals surface area contributed by atoms with Crippen molar-refractivity contribution in [1.82, 2.24) is 5.16 Å². The fraction of sp³-hybridized carbons (Fsp3) is 0.182. The van der Waals surface area contributed by atoms with Gasteiger partial charge in [-0.1, -0.05) is 35.5 Å². The van der Waals surface area contributed by atoms with Gasteiger partial charge in [-0.15, -0.1) is 0 Å². The maximum Gasteiger partial charge on any atom is 0.339 e. The molecule has 0 saturated carbocycles. The van der Waals surface area contributed by atoms with E-state index in [1.807, 2.05) is 30.3 Å². The summed E-state index contributed by atoms with van der Waals surface area (Å²) in [5.41, 5.74) is 2.24. The Morgan fingerprint density at radius 1 is 1.17 bits per heavy atom. The average Bonchev–Trinajstić information content (AvgIpc) is 3.16. The smallest absolute Gasteiger partial charge is 0.339 e. The molecule has 8 nitrogen and oxygen atoms in total. The first-order valence-corrected chi connectivity index (χ1v) is 9.29. The number of fused-ring (bicyclic) bond motifs is 1. The van der Waals surface area contributed by atoms with E-state index in [0.29, 0.717) is 23.3 Å². The number of hydrogen-bond acceptors (Lipinski definition) is 7. The second-order valence-electron chi connectivity index (χ2n) is 6.83. The number of hydrogen-bond donors (Lipinski definition) is 1. The predicted molar refractivity (Wildman–Crippen MR) is 105 cm³/mol. The molecular weight excluding hydrogens is 388 g/mol. The van der Waals surface area contributed by atoms with Crippen LogP contribution in [0.4, 0.5) is 5.82 Å². The van der Waals surface area contributed by atoms with Crippen molar-refractivity contribution in [2.24, 2.45) is 0 Å². The van der Waals surface area contributed by atoms with Crippen molar-refractivity contribution in [2.45, 2.75) is 19.4 Å². The molecule has 0 saturated heterocycles. The van der Waals surface area contributed by atoms with Crippen LogP contribution in [0, 0.1) is 6.92 Å². The SMILES string of the molecule is Cc1cc(NC(=O)COC(=O)c2ccc3c(c2)CC(c2ccccc2)OC3=O)no1. The van der Waals surface area contributed by atoms with Crippen LogP contribution in [0.25, 0.3) is 0 Å². The van der Waals surface area contributed by atoms with E-state index in [1.165, 1.54) is 12.1 Å². The lowest BCUT2D eigenvalue weighted by molar-refractivity contribution is -0.119. The molecule has 152 valence electrons. The van der Waals surface area contributed by atoms with Gasteiger partial charge >= 0.3 is 11.9 Å². The average molecular weight is 406 g/mol. The highest BCUT2D eigenvalue weighted by atomic mass is 16.5. The van der Waals surface area contributed by atoms with Gasteiger partial charge in [-0.2, -0.15) is 0 Å². The molecule has 1 aromatic heterocycles. The summed E-state index contributed by atoms with van der Waals surface area (Å²) >= 11 is 0. The number of nitrogens with zero attached hydrogens (tertiary/aromatic N) is 1. The predicted octanol–water partition coefficient (Wildman–Crippen LogP) is 3.23. The molecule has 3 aromatic rings. The normalized spacial score (nSPS) is 15.1. The van der Waals surface area contributed by atoms with Crippen LogP contribution in [0.2, 0.25) is 0 Å². The van der Waals surface area contributed by atoms with E-state index >= 15 is 0 Å². The summed E-state index contributed by atoms with van der Waals surface area (Å²) in [4.78, 5) is 36.6. The summed E-state index contributed by atoms with van der Waals surface area (Å²) < 4.78 is 15.4. The molecule has 1 unspecified atom stereocenters. The van der Waals surface area contributed by atoms with Gasteiger partial charge in [0.1, 0.15) is 11.9 Å². The number of esters is 2. The lowest BCUT2D eigenvalue weighted by Gasteiger charge is -2.25. The fourth-order valence-corrected chi connectivity index (χ4v) is 3.20. The van der Waals surface area contributed by atoms with Crippen LogP contribution < -0.4 is 5.32 Å². The number of aromatic nitrogens is 1. The van der Waals surface area contributed by atoms with E-state index in [-0.39, 0.29) is 11.4 Å². The molecule has 2 aromatic carbocycles. The summed E-state index contributed by atoms with van der Waals surface area (Å²) in [7, 11) is 0. The number of carbonyl (C=O) groups is 3. The molecule has 1 aliphatic rings. The summed E-state index contributed by atoms with van der Waals surface area (Å²) in [5.74, 6) is -0.856. The third kappa shape index (κ3) is 4.22. The Hall–Kier alpha value is -3.94. The van der Waals surface area contributed by atoms with Crippen LogP contribution in [0.15, 0.2) is 59.1 Å². The molecule has 2 heterocycles. The Kier molecular flexibility index (Phi) is 5.30. The summed E-state index contributed by atoms with van der Waals surface area (Å²) in [6.07, 6.45) is 0.0206. The first-order valence-electron chi connectivity index (χ1n) is 9.29. The third-order valence-electron chi connectivity index (χ3n) is 4.62. The molecule has 0 radical (unpaired) electrons. The van der Waals surface area contributed by atoms with Gasteiger partial charge < -0.3 is 19.3 Å². The fourth-order valence-electron chi connectivity index (χ4n) is 3.20. The Bertz CT molecular complexity index is 1110. The van der Waals surface area contributed by atoms with Crippen molar-refractivity contribution >= 4 is 23.7 Å². The first kappa shape index (κ1) is 19.4. The molecule has 30 heavy (non-hydrogen) atoms. The zero-order chi connectivity index (χ0) is 21.1. The van der Waals surface area contributed by atoms with Gasteiger partial charge in [-0.25, -0.2) is 9.59 Å². The Morgan fingerprint density at radius 2 is 1.97 bits per heavy atom. The van der Waals surface area contributed by atoms with E-state index in [0.717, 1.165) is 5.56 Å². The van der Waals surface area contributed by atoms with Crippen LogP contribution in [0.1, 0.15) is 43.7 Å². The van der Waals surface area contributed by atoms with E-state index < -0.39 is 30.6 Å². The summed E-state index contributed by atoms with van der Waals surface area (Å²) in [6, 6.07) is 15.6. The van der Waals surface area contributed by atoms with Crippen molar-refractivity contribution in [3.05, 3.63) is 82.6 Å². The Morgan fingerprint density at radius 3 is 2.70 bits per heavy atom. The van der Waals surface area contributed by atoms with Crippen molar-refractivity contribution in [3.8, 4) is 0 Å². The molecular formula is C22H18N2O6. The van der Waals surface area contributed by atoms with Crippen molar-refractivity contribution < 1.29 is 28.4 Å². The number of nitrogens with one attached hydrogen (secondary N) is 1. The van der Waals surface area contributed by atoms with Crippen molar-refractivity contribution in [2.75, 3.05) is 11.9 Å². The summed E-state index contributed by atoms with van der Waals surface area (Å²) in [5, 5.41) is 6.10. The molecule has 1 atom stereocenters. The van der Waals surface area contributed by atoms with E-state index in [2.05, 4.69) is 10.5 Å². The van der Waals surface area contributed by atoms with E-state index in [9.17, 15) is 14.4 Å². The highest BCUT2D eigenvalue weighted by Gasteiger charge is 2.28. The van der Waals surface area contributed by atoms with Crippen molar-refractivity contribution in [3.63, 3.8) is 0 Å². The summed E-state index contributed by atoms with van der Waals surface area (Å²) in [6.45, 7) is 1.22. The first-order chi connectivity index (χ1) is 14.5. The maximum atomic E-state index is 12.4. The second-order valence-corrected chi connectivity index (χ2v) is 6.83. The third-order valence-corrected chi connectivity index (χ3v) is 4.62. The number of carbonyl (C=O) groups excluding carboxylic acids is 3. The lowest BCUT2D eigenvalue weighted by atomic mass is 9.93. The van der Waals surface area contributed by atoms with Crippen LogP contribution in [0.3, 0.4) is 0 Å². The lowest BCUT2D eigenvalue weighted by Crippen LogP contribution is -2.23. The molecule has 1 N–H and O–H groups in total. The molecule has 0 bridgehead atoms. The minimum absolute atomic E-state index is 0.243. The van der Waals surface area contributed by atoms with Crippen LogP contribution >= 0.6 is 0 Å². The Balaban J connectivity index is 1.42. The van der Waals surface area contributed by atoms with E-state index in [1.54, 1.807) is 19.1 Å². The van der Waals surface area contributed by atoms with Crippen LogP contribution in [-0.4, -0.2) is 29.6 Å². The van der Waals surface area contributed by atoms with Crippen molar-refractivity contribution in [1.29, 1.82) is 0 Å². The number of ether oxygens (including phenoxy) is 2. The standard InChI is InChI=1S/C22H18N2O6/c1-13-9-19(24-30-13)23-20(25)12-28-21(26)15-7-8-17-16(10-15)11-18(29-22(17)27)14-5-3-2-4-6-14/h2-10,18H,11-12H2,1H3,(H,23,24,25). The molecule has 8 heteroatoms. The topological polar surface area (TPSA) is 108 Å². The van der Waals surface area contributed by atoms with E-state index in [4.69, 9.17) is 14.0 Å². The number of aryl methyl sites for hydroxylation is 1. The zero-order valence-electron chi connectivity index (χ0n) is 16.1. The van der Waals surface area contributed by atoms with Gasteiger partial charge in [0.05, 0.1) is 11.1 Å². The number of anilines is 1. The largest absolute Gasteiger partial charge is 0.454 e. The van der Waals surface area contributed by atoms with Gasteiger partial charge in [0, 0.05) is 12.5 Å². The van der Waals surface area contributed by atoms with Gasteiger partial charge in [-0.3, -0.25) is 4.79 Å². The van der Waals surface area contributed by atoms with Gasteiger partial charge in [-0.05, 0) is 36.2 Å². The Labute approximate surface area is 171 Å². The monoisotopic (exact) mass is 406 g/mol. The number of amides is 1. The van der Waals surface area contributed by atoms with Gasteiger partial charge in [0.15, 0.2) is 12.4 Å². The molecule has 0 aliphatic carbocycles. The van der Waals surface area contributed by atoms with Gasteiger partial charge in [0.2, 0.25) is 0 Å². The van der Waals surface area contributed by atoms with Gasteiger partial charge in [0.25, 0.3) is 5.91 Å². The molecule has 1 aliphatic heterocycles. The number of cyclic esters (lactones) is 1. The highest BCUT2D eigenvalue weighted by Crippen LogP contribution is 2.31. The molecule has 0 spiro atoms. The zero-order valence-corrected chi connectivity index (χ0v) is 16.1. The minimum atomic E-state index is -0.667. The minimum Gasteiger partial charge on any atom is -0.454 e. The number of benzene rings is 2. The molecule has 0 fully saturated rings. The molecule has 4 rings (SSSR count). The highest BCUT2D eigenvalue weighted by molar-refractivity contribution is 5.97. The maximum absolute atomic E-state index is 12.4. The van der Waals surface area contributed by atoms with Crippen LogP contribution in [-0.2, 0) is 20.7 Å². The number of rotatable bonds is 5. The second kappa shape index (κ2) is 8.20. The molecule has 1 amide bonds. The van der Waals surface area contributed by atoms with Crippen LogP contribution in [0.5, 0.6) is 0 Å². The quantitative estimate of drug-likeness (QED) is 0.648.